The number of likely N-dealkylation sites (tertiary alicyclic amines) is 3. The van der Waals surface area contributed by atoms with E-state index in [2.05, 4.69) is 106 Å². The van der Waals surface area contributed by atoms with Crippen LogP contribution >= 0.6 is 0 Å². The zero-order valence-corrected chi connectivity index (χ0v) is 50.6. The van der Waals surface area contributed by atoms with Crippen LogP contribution in [0.2, 0.25) is 0 Å². The molecule has 8 aromatic rings. The Hall–Kier alpha value is -8.87. The fourth-order valence-corrected chi connectivity index (χ4v) is 13.4. The fraction of sp³-hybridized carbons (Fsp3) is 0.446. The smallest absolute Gasteiger partial charge is 0.328 e. The molecule has 89 heavy (non-hydrogen) atoms. The molecule has 6 saturated heterocycles. The molecular formula is C65H78FN17O6. The molecule has 6 fully saturated rings. The van der Waals surface area contributed by atoms with Crippen LogP contribution in [0.3, 0.4) is 0 Å². The number of anilines is 3. The minimum Gasteiger partial charge on any atom is -0.351 e. The van der Waals surface area contributed by atoms with Gasteiger partial charge in [0, 0.05) is 103 Å². The number of nitrogens with zero attached hydrogens (tertiary/aromatic N) is 13. The van der Waals surface area contributed by atoms with E-state index in [4.69, 9.17) is 0 Å². The van der Waals surface area contributed by atoms with E-state index < -0.39 is 6.03 Å². The number of aromatic nitrogens is 8. The van der Waals surface area contributed by atoms with Gasteiger partial charge < -0.3 is 14.8 Å². The Morgan fingerprint density at radius 3 is 1.43 bits per heavy atom. The van der Waals surface area contributed by atoms with Gasteiger partial charge in [-0.1, -0.05) is 26.0 Å². The molecular weight excluding hydrogens is 1130 g/mol. The second-order valence-corrected chi connectivity index (χ2v) is 25.0. The molecule has 466 valence electrons. The molecule has 7 aromatic heterocycles. The minimum atomic E-state index is -0.402. The van der Waals surface area contributed by atoms with Crippen molar-refractivity contribution >= 4 is 69.4 Å². The van der Waals surface area contributed by atoms with E-state index >= 15 is 0 Å². The number of benzene rings is 1. The van der Waals surface area contributed by atoms with Crippen LogP contribution in [0.1, 0.15) is 86.7 Å². The zero-order chi connectivity index (χ0) is 61.5. The van der Waals surface area contributed by atoms with Gasteiger partial charge in [-0.15, -0.1) is 0 Å². The van der Waals surface area contributed by atoms with Crippen LogP contribution in [0, 0.1) is 29.5 Å². The van der Waals surface area contributed by atoms with Crippen molar-refractivity contribution in [1.29, 1.82) is 0 Å². The lowest BCUT2D eigenvalue weighted by Gasteiger charge is -2.32. The lowest BCUT2D eigenvalue weighted by Crippen LogP contribution is -2.49. The van der Waals surface area contributed by atoms with Crippen LogP contribution in [-0.4, -0.2) is 161 Å². The highest BCUT2D eigenvalue weighted by atomic mass is 19.1. The number of halogens is 1. The summed E-state index contributed by atoms with van der Waals surface area (Å²) in [6.45, 7) is 15.2. The summed E-state index contributed by atoms with van der Waals surface area (Å²) in [7, 11) is 0. The number of carbonyl (C=O) groups is 6. The highest BCUT2D eigenvalue weighted by molar-refractivity contribution is 6.09. The Labute approximate surface area is 515 Å². The van der Waals surface area contributed by atoms with Crippen LogP contribution < -0.4 is 30.7 Å². The van der Waals surface area contributed by atoms with Crippen molar-refractivity contribution in [3.63, 3.8) is 0 Å². The second kappa shape index (κ2) is 27.3. The van der Waals surface area contributed by atoms with Gasteiger partial charge in [-0.2, -0.15) is 15.3 Å². The van der Waals surface area contributed by atoms with E-state index in [1.807, 2.05) is 30.9 Å². The maximum Gasteiger partial charge on any atom is 0.328 e. The van der Waals surface area contributed by atoms with Crippen LogP contribution in [-0.2, 0) is 46.6 Å². The summed E-state index contributed by atoms with van der Waals surface area (Å²) in [4.78, 5) is 90.6. The molecule has 0 saturated carbocycles. The number of imide groups is 3. The van der Waals surface area contributed by atoms with Crippen molar-refractivity contribution in [3.8, 4) is 0 Å². The van der Waals surface area contributed by atoms with E-state index in [1.165, 1.54) is 55.1 Å². The normalized spacial score (nSPS) is 19.9. The zero-order valence-electron chi connectivity index (χ0n) is 50.6. The lowest BCUT2D eigenvalue weighted by atomic mass is 9.90. The Morgan fingerprint density at radius 2 is 0.978 bits per heavy atom. The number of rotatable bonds is 16. The SMILES string of the molecule is CC(C)CN1CCC(Cc2ccn3ncc(N4CCC(=O)NC4=O)c3c2)C1.O=C1CCN(c2cnn3ccc(CC4CCN(CCc5c[nH]cn5)CC4)cc23)C(=O)N1.O=C1CCN(c2cnn3ccc(CC4CCN(Cc5cccc(F)c5)C4)cc23)C(=O)N1. The predicted molar refractivity (Wildman–Crippen MR) is 334 cm³/mol. The number of hydrogen-bond acceptors (Lipinski definition) is 13. The number of imidazole rings is 1. The van der Waals surface area contributed by atoms with Gasteiger partial charge in [0.2, 0.25) is 17.7 Å². The van der Waals surface area contributed by atoms with Gasteiger partial charge in [-0.3, -0.25) is 49.9 Å². The molecule has 24 heteroatoms. The molecule has 0 bridgehead atoms. The standard InChI is InChI=1S/C23H24FN5O2.C22H27N7O2.C20H27N5O2/c24-19-3-1-2-17(11-19)14-27-7-4-18(15-27)10-16-5-9-29-20(12-16)21(13-25-29)28-8-6-22(30)26-23(28)31;30-21-5-9-28(22(31)26-21)20-14-25-29-10-3-17(12-19(20)29)11-16-1-6-27(7-2-16)8-4-18-13-23-15-24-18;1-14(2)12-23-6-3-16(13-23)9-15-4-8-25-17(10-15)18(11-21-25)24-7-5-19(26)22-20(24)27/h1-3,5,9,11-13,18H,4,6-8,10,14-15H2,(H,26,30,31);3,10,12-16H,1-2,4-9,11H2,(H,23,24)(H,26,30,31);4,8,10-11,14,16H,3,5-7,9,12-13H2,1-2H3,(H,22,26,27). The number of amides is 9. The molecule has 1 aromatic carbocycles. The number of piperidine rings is 1. The van der Waals surface area contributed by atoms with E-state index in [-0.39, 0.29) is 42.0 Å². The number of pyridine rings is 3. The first kappa shape index (κ1) is 60.4. The molecule has 6 aliphatic rings. The Bertz CT molecular complexity index is 3850. The first-order valence-electron chi connectivity index (χ1n) is 31.3. The van der Waals surface area contributed by atoms with Gasteiger partial charge in [-0.05, 0) is 166 Å². The molecule has 6 aliphatic heterocycles. The lowest BCUT2D eigenvalue weighted by molar-refractivity contribution is -0.121. The topological polar surface area (TPSA) is 239 Å². The average Bonchev–Trinajstić information content (AvgIpc) is 2.05. The Balaban J connectivity index is 0.000000130. The first-order valence-corrected chi connectivity index (χ1v) is 31.3. The predicted octanol–water partition coefficient (Wildman–Crippen LogP) is 7.29. The highest BCUT2D eigenvalue weighted by Gasteiger charge is 2.31. The largest absolute Gasteiger partial charge is 0.351 e. The number of fused-ring (bicyclic) bond motifs is 3. The Morgan fingerprint density at radius 1 is 0.528 bits per heavy atom. The van der Waals surface area contributed by atoms with E-state index in [0.717, 1.165) is 117 Å². The molecule has 2 atom stereocenters. The van der Waals surface area contributed by atoms with Crippen molar-refractivity contribution in [1.82, 2.24) is 69.5 Å². The van der Waals surface area contributed by atoms with E-state index in [1.54, 1.807) is 65.3 Å². The summed E-state index contributed by atoms with van der Waals surface area (Å²) in [5.41, 5.74) is 10.8. The third kappa shape index (κ3) is 14.8. The molecule has 14 rings (SSSR count). The van der Waals surface area contributed by atoms with Crippen LogP contribution in [0.15, 0.2) is 110 Å². The fourth-order valence-electron chi connectivity index (χ4n) is 13.4. The van der Waals surface area contributed by atoms with Gasteiger partial charge in [0.15, 0.2) is 0 Å². The summed E-state index contributed by atoms with van der Waals surface area (Å²) >= 11 is 0. The molecule has 13 heterocycles. The molecule has 0 spiro atoms. The summed E-state index contributed by atoms with van der Waals surface area (Å²) in [6, 6.07) is 18.3. The quantitative estimate of drug-likeness (QED) is 0.0745. The van der Waals surface area contributed by atoms with Crippen LogP contribution in [0.4, 0.5) is 35.8 Å². The maximum absolute atomic E-state index is 13.4. The average molecular weight is 1210 g/mol. The van der Waals surface area contributed by atoms with Crippen molar-refractivity contribution < 1.29 is 33.2 Å². The third-order valence-electron chi connectivity index (χ3n) is 17.9. The van der Waals surface area contributed by atoms with Gasteiger partial charge in [0.1, 0.15) is 5.82 Å². The molecule has 4 N–H and O–H groups in total. The van der Waals surface area contributed by atoms with Crippen LogP contribution in [0.5, 0.6) is 0 Å². The van der Waals surface area contributed by atoms with E-state index in [0.29, 0.717) is 61.8 Å². The van der Waals surface area contributed by atoms with Crippen molar-refractivity contribution in [2.75, 3.05) is 86.7 Å². The van der Waals surface area contributed by atoms with Crippen LogP contribution in [0.25, 0.3) is 16.6 Å². The number of hydrogen-bond donors (Lipinski definition) is 4. The Kier molecular flexibility index (Phi) is 18.5. The second-order valence-electron chi connectivity index (χ2n) is 25.0. The monoisotopic (exact) mass is 1210 g/mol. The van der Waals surface area contributed by atoms with Crippen molar-refractivity contribution in [3.05, 3.63) is 144 Å². The van der Waals surface area contributed by atoms with Gasteiger partial charge in [-0.25, -0.2) is 37.3 Å². The first-order chi connectivity index (χ1) is 43.2. The van der Waals surface area contributed by atoms with Crippen molar-refractivity contribution in [2.24, 2.45) is 23.7 Å². The number of aromatic amines is 1. The summed E-state index contributed by atoms with van der Waals surface area (Å²) in [6.07, 6.45) is 24.2. The van der Waals surface area contributed by atoms with Crippen molar-refractivity contribution in [2.45, 2.75) is 91.0 Å². The maximum atomic E-state index is 13.4. The number of urea groups is 3. The minimum absolute atomic E-state index is 0.190. The molecule has 0 aliphatic carbocycles. The van der Waals surface area contributed by atoms with Gasteiger partial charge in [0.25, 0.3) is 0 Å². The molecule has 0 radical (unpaired) electrons. The van der Waals surface area contributed by atoms with E-state index in [9.17, 15) is 33.2 Å². The number of carbonyl (C=O) groups excluding carboxylic acids is 6. The summed E-state index contributed by atoms with van der Waals surface area (Å²) in [5, 5.41) is 20.2. The highest BCUT2D eigenvalue weighted by Crippen LogP contribution is 2.31. The number of nitrogens with one attached hydrogen (secondary N) is 4. The summed E-state index contributed by atoms with van der Waals surface area (Å²) in [5.74, 6) is 1.68. The number of H-pyrrole nitrogens is 1. The van der Waals surface area contributed by atoms with Gasteiger partial charge in [0.05, 0.1) is 64.2 Å². The van der Waals surface area contributed by atoms with Gasteiger partial charge >= 0.3 is 18.1 Å². The molecule has 2 unspecified atom stereocenters. The molecule has 9 amide bonds. The molecule has 23 nitrogen and oxygen atoms in total. The third-order valence-corrected chi connectivity index (χ3v) is 17.9. The summed E-state index contributed by atoms with van der Waals surface area (Å²) < 4.78 is 18.8.